The summed E-state index contributed by atoms with van der Waals surface area (Å²) in [6.07, 6.45) is 3.41. The first kappa shape index (κ1) is 26.4. The van der Waals surface area contributed by atoms with Gasteiger partial charge in [-0.05, 0) is 48.0 Å². The fourth-order valence-electron chi connectivity index (χ4n) is 4.46. The second-order valence-electron chi connectivity index (χ2n) is 9.02. The lowest BCUT2D eigenvalue weighted by atomic mass is 10.1. The van der Waals surface area contributed by atoms with Crippen molar-refractivity contribution in [2.45, 2.75) is 12.5 Å². The van der Waals surface area contributed by atoms with Crippen LogP contribution in [0.3, 0.4) is 0 Å². The van der Waals surface area contributed by atoms with Crippen LogP contribution in [0, 0.1) is 0 Å². The van der Waals surface area contributed by atoms with Crippen molar-refractivity contribution in [2.75, 3.05) is 20.8 Å². The summed E-state index contributed by atoms with van der Waals surface area (Å²) >= 11 is 0. The Bertz CT molecular complexity index is 1640. The van der Waals surface area contributed by atoms with Gasteiger partial charge in [-0.15, -0.1) is 0 Å². The minimum absolute atomic E-state index is 0.0954. The molecule has 3 N–H and O–H groups in total. The van der Waals surface area contributed by atoms with E-state index in [0.717, 1.165) is 16.5 Å². The zero-order chi connectivity index (χ0) is 28.2. The van der Waals surface area contributed by atoms with Crippen molar-refractivity contribution in [1.82, 2.24) is 10.3 Å². The molecule has 0 saturated carbocycles. The molecule has 0 unspecified atom stereocenters. The van der Waals surface area contributed by atoms with Gasteiger partial charge in [0.05, 0.1) is 19.8 Å². The smallest absolute Gasteiger partial charge is 0.326 e. The molecule has 204 valence electrons. The highest BCUT2D eigenvalue weighted by molar-refractivity contribution is 6.14. The molecule has 0 radical (unpaired) electrons. The number of fused-ring (bicyclic) bond motifs is 2. The van der Waals surface area contributed by atoms with Gasteiger partial charge in [0.1, 0.15) is 29.0 Å². The number of H-pyrrole nitrogens is 1. The van der Waals surface area contributed by atoms with E-state index < -0.39 is 24.5 Å². The lowest BCUT2D eigenvalue weighted by Gasteiger charge is -2.15. The van der Waals surface area contributed by atoms with E-state index in [1.165, 1.54) is 13.2 Å². The summed E-state index contributed by atoms with van der Waals surface area (Å²) in [6, 6.07) is 16.2. The number of ether oxygens (including phenoxy) is 4. The number of hydrogen-bond donors (Lipinski definition) is 3. The Morgan fingerprint density at radius 1 is 1.05 bits per heavy atom. The maximum absolute atomic E-state index is 12.9. The first-order chi connectivity index (χ1) is 19.4. The van der Waals surface area contributed by atoms with Crippen LogP contribution in [0.15, 0.2) is 72.6 Å². The molecule has 2 heterocycles. The van der Waals surface area contributed by atoms with E-state index >= 15 is 0 Å². The molecule has 10 heteroatoms. The highest BCUT2D eigenvalue weighted by atomic mass is 16.5. The van der Waals surface area contributed by atoms with Crippen LogP contribution in [0.25, 0.3) is 17.0 Å². The number of aliphatic carboxylic acids is 1. The van der Waals surface area contributed by atoms with Crippen LogP contribution < -0.4 is 24.3 Å². The third-order valence-electron chi connectivity index (χ3n) is 6.47. The number of aromatic nitrogens is 1. The van der Waals surface area contributed by atoms with Crippen LogP contribution in [0.4, 0.5) is 0 Å². The van der Waals surface area contributed by atoms with E-state index in [1.807, 2.05) is 24.3 Å². The summed E-state index contributed by atoms with van der Waals surface area (Å²) in [5.74, 6) is -0.283. The van der Waals surface area contributed by atoms with Gasteiger partial charge in [0.2, 0.25) is 5.78 Å². The van der Waals surface area contributed by atoms with Crippen molar-refractivity contribution in [3.8, 4) is 23.0 Å². The van der Waals surface area contributed by atoms with Crippen molar-refractivity contribution in [1.29, 1.82) is 0 Å². The molecule has 0 saturated heterocycles. The molecule has 0 spiro atoms. The molecule has 1 aliphatic heterocycles. The van der Waals surface area contributed by atoms with E-state index in [-0.39, 0.29) is 29.5 Å². The lowest BCUT2D eigenvalue weighted by Crippen LogP contribution is -2.44. The van der Waals surface area contributed by atoms with Gasteiger partial charge in [-0.2, -0.15) is 0 Å². The number of aromatic amines is 1. The maximum atomic E-state index is 12.9. The SMILES string of the molecule is COc1ccc(OC)c(C=C2Oc3cc(OCC(=O)N[C@H](Cc4c[nH]c5ccccc45)C(=O)O)ccc3C2=O)c1. The number of carbonyl (C=O) groups excluding carboxylic acids is 2. The summed E-state index contributed by atoms with van der Waals surface area (Å²) in [4.78, 5) is 40.4. The van der Waals surface area contributed by atoms with Crippen LogP contribution >= 0.6 is 0 Å². The molecule has 1 aromatic heterocycles. The molecule has 1 aliphatic rings. The summed E-state index contributed by atoms with van der Waals surface area (Å²) in [5.41, 5.74) is 2.61. The number of rotatable bonds is 10. The van der Waals surface area contributed by atoms with Gasteiger partial charge < -0.3 is 34.4 Å². The Balaban J connectivity index is 1.23. The lowest BCUT2D eigenvalue weighted by molar-refractivity contribution is -0.142. The number of hydrogen-bond acceptors (Lipinski definition) is 7. The van der Waals surface area contributed by atoms with Gasteiger partial charge in [-0.1, -0.05) is 18.2 Å². The number of Topliss-reactive ketones (excluding diaryl/α,β-unsaturated/α-hetero) is 1. The van der Waals surface area contributed by atoms with Gasteiger partial charge in [-0.3, -0.25) is 9.59 Å². The number of benzene rings is 3. The zero-order valence-corrected chi connectivity index (χ0v) is 21.7. The van der Waals surface area contributed by atoms with E-state index in [0.29, 0.717) is 22.6 Å². The number of para-hydroxylation sites is 1. The number of carbonyl (C=O) groups is 3. The van der Waals surface area contributed by atoms with Crippen LogP contribution in [0.5, 0.6) is 23.0 Å². The quantitative estimate of drug-likeness (QED) is 0.256. The fourth-order valence-corrected chi connectivity index (χ4v) is 4.46. The first-order valence-electron chi connectivity index (χ1n) is 12.4. The molecule has 0 fully saturated rings. The fraction of sp³-hybridized carbons (Fsp3) is 0.167. The van der Waals surface area contributed by atoms with Gasteiger partial charge in [-0.25, -0.2) is 4.79 Å². The molecule has 5 rings (SSSR count). The second kappa shape index (κ2) is 11.2. The predicted molar refractivity (Wildman–Crippen MR) is 146 cm³/mol. The largest absolute Gasteiger partial charge is 0.497 e. The maximum Gasteiger partial charge on any atom is 0.326 e. The first-order valence-corrected chi connectivity index (χ1v) is 12.4. The minimum atomic E-state index is -1.16. The number of carboxylic acid groups (broad SMARTS) is 1. The van der Waals surface area contributed by atoms with E-state index in [1.54, 1.807) is 49.7 Å². The molecule has 3 aromatic carbocycles. The minimum Gasteiger partial charge on any atom is -0.497 e. The van der Waals surface area contributed by atoms with Gasteiger partial charge in [0, 0.05) is 35.2 Å². The Hall–Kier alpha value is -5.25. The topological polar surface area (TPSA) is 136 Å². The number of carboxylic acids is 1. The van der Waals surface area contributed by atoms with Crippen molar-refractivity contribution >= 4 is 34.6 Å². The number of amides is 1. The molecule has 4 aromatic rings. The molecule has 1 atom stereocenters. The Kier molecular flexibility index (Phi) is 7.41. The summed E-state index contributed by atoms with van der Waals surface area (Å²) < 4.78 is 22.0. The standard InChI is InChI=1S/C30H26N2O8/c1-37-19-8-10-25(38-2)17(11-19)13-27-29(34)22-9-7-20(14-26(22)40-27)39-16-28(33)32-24(30(35)36)12-18-15-31-23-6-4-3-5-21(18)23/h3-11,13-15,24,31H,12,16H2,1-2H3,(H,32,33)(H,35,36)/t24-/m1/s1. The van der Waals surface area contributed by atoms with E-state index in [2.05, 4.69) is 10.3 Å². The molecular formula is C30H26N2O8. The normalized spacial score (nSPS) is 13.9. The summed E-state index contributed by atoms with van der Waals surface area (Å²) in [7, 11) is 3.07. The van der Waals surface area contributed by atoms with Crippen LogP contribution in [-0.4, -0.2) is 54.6 Å². The molecule has 40 heavy (non-hydrogen) atoms. The number of nitrogens with one attached hydrogen (secondary N) is 2. The van der Waals surface area contributed by atoms with Crippen LogP contribution in [-0.2, 0) is 16.0 Å². The van der Waals surface area contributed by atoms with Gasteiger partial charge in [0.15, 0.2) is 12.4 Å². The summed E-state index contributed by atoms with van der Waals surface area (Å²) in [5, 5.41) is 13.1. The van der Waals surface area contributed by atoms with Crippen molar-refractivity contribution in [2.24, 2.45) is 0 Å². The van der Waals surface area contributed by atoms with Gasteiger partial charge in [0.25, 0.3) is 5.91 Å². The second-order valence-corrected chi connectivity index (χ2v) is 9.02. The molecule has 10 nitrogen and oxygen atoms in total. The van der Waals surface area contributed by atoms with Crippen molar-refractivity contribution in [3.05, 3.63) is 89.3 Å². The third kappa shape index (κ3) is 5.46. The van der Waals surface area contributed by atoms with Gasteiger partial charge >= 0.3 is 5.97 Å². The van der Waals surface area contributed by atoms with E-state index in [4.69, 9.17) is 18.9 Å². The van der Waals surface area contributed by atoms with Crippen molar-refractivity contribution in [3.63, 3.8) is 0 Å². The van der Waals surface area contributed by atoms with Crippen molar-refractivity contribution < 1.29 is 38.4 Å². The third-order valence-corrected chi connectivity index (χ3v) is 6.47. The Morgan fingerprint density at radius 3 is 2.62 bits per heavy atom. The number of allylic oxidation sites excluding steroid dienone is 1. The average molecular weight is 543 g/mol. The Morgan fingerprint density at radius 2 is 1.85 bits per heavy atom. The molecule has 0 aliphatic carbocycles. The van der Waals surface area contributed by atoms with Crippen LogP contribution in [0.2, 0.25) is 0 Å². The molecule has 1 amide bonds. The van der Waals surface area contributed by atoms with E-state index in [9.17, 15) is 19.5 Å². The highest BCUT2D eigenvalue weighted by Gasteiger charge is 2.28. The number of methoxy groups -OCH3 is 2. The summed E-state index contributed by atoms with van der Waals surface area (Å²) in [6.45, 7) is -0.423. The van der Waals surface area contributed by atoms with Crippen LogP contribution in [0.1, 0.15) is 21.5 Å². The predicted octanol–water partition coefficient (Wildman–Crippen LogP) is 3.99. The molecule has 0 bridgehead atoms. The Labute approximate surface area is 229 Å². The molecular weight excluding hydrogens is 516 g/mol. The monoisotopic (exact) mass is 542 g/mol. The highest BCUT2D eigenvalue weighted by Crippen LogP contribution is 2.36. The zero-order valence-electron chi connectivity index (χ0n) is 21.7. The average Bonchev–Trinajstić information content (AvgIpc) is 3.51. The number of ketones is 1.